The van der Waals surface area contributed by atoms with Crippen molar-refractivity contribution in [2.45, 2.75) is 32.7 Å². The van der Waals surface area contributed by atoms with E-state index >= 15 is 0 Å². The largest absolute Gasteiger partial charge is 0.481 e. The maximum Gasteiger partial charge on any atom is 0.310 e. The standard InChI is InChI=1S/C16H22N2O3/c1-2-16(15(20)21)8-3-9-18(11-16)10-12-4-6-13(7-5-12)14(17)19/h4-7H,2-3,8-11H2,1H3,(H2,17,19)(H,20,21). The Balaban J connectivity index is 2.05. The highest BCUT2D eigenvalue weighted by molar-refractivity contribution is 5.92. The van der Waals surface area contributed by atoms with Crippen LogP contribution in [0.1, 0.15) is 42.1 Å². The van der Waals surface area contributed by atoms with Crippen LogP contribution in [0.15, 0.2) is 24.3 Å². The molecule has 5 heteroatoms. The van der Waals surface area contributed by atoms with Crippen molar-refractivity contribution in [1.29, 1.82) is 0 Å². The van der Waals surface area contributed by atoms with Gasteiger partial charge >= 0.3 is 5.97 Å². The molecule has 0 aliphatic carbocycles. The second kappa shape index (κ2) is 6.26. The third-order valence-electron chi connectivity index (χ3n) is 4.43. The number of carbonyl (C=O) groups excluding carboxylic acids is 1. The molecule has 1 aliphatic heterocycles. The normalized spacial score (nSPS) is 22.9. The van der Waals surface area contributed by atoms with Gasteiger partial charge in [-0.1, -0.05) is 19.1 Å². The van der Waals surface area contributed by atoms with Gasteiger partial charge in [0, 0.05) is 18.7 Å². The molecule has 1 saturated heterocycles. The van der Waals surface area contributed by atoms with E-state index in [2.05, 4.69) is 4.90 Å². The van der Waals surface area contributed by atoms with Gasteiger partial charge in [-0.3, -0.25) is 14.5 Å². The quantitative estimate of drug-likeness (QED) is 0.867. The van der Waals surface area contributed by atoms with Crippen molar-refractivity contribution < 1.29 is 14.7 Å². The number of benzene rings is 1. The van der Waals surface area contributed by atoms with Crippen molar-refractivity contribution >= 4 is 11.9 Å². The van der Waals surface area contributed by atoms with Crippen molar-refractivity contribution in [3.63, 3.8) is 0 Å². The highest BCUT2D eigenvalue weighted by Gasteiger charge is 2.40. The Labute approximate surface area is 124 Å². The van der Waals surface area contributed by atoms with Crippen LogP contribution in [0.2, 0.25) is 0 Å². The number of nitrogens with zero attached hydrogens (tertiary/aromatic N) is 1. The molecule has 1 unspecified atom stereocenters. The number of rotatable bonds is 5. The minimum atomic E-state index is -0.696. The molecule has 1 atom stereocenters. The van der Waals surface area contributed by atoms with Crippen LogP contribution in [-0.4, -0.2) is 35.0 Å². The van der Waals surface area contributed by atoms with Crippen LogP contribution >= 0.6 is 0 Å². The lowest BCUT2D eigenvalue weighted by atomic mass is 9.77. The van der Waals surface area contributed by atoms with E-state index in [4.69, 9.17) is 5.73 Å². The summed E-state index contributed by atoms with van der Waals surface area (Å²) in [6.45, 7) is 4.14. The number of piperidine rings is 1. The molecule has 114 valence electrons. The van der Waals surface area contributed by atoms with Crippen molar-refractivity contribution in [2.24, 2.45) is 11.1 Å². The molecular formula is C16H22N2O3. The minimum absolute atomic E-state index is 0.435. The molecule has 1 amide bonds. The number of carbonyl (C=O) groups is 2. The molecule has 0 saturated carbocycles. The fraction of sp³-hybridized carbons (Fsp3) is 0.500. The topological polar surface area (TPSA) is 83.6 Å². The summed E-state index contributed by atoms with van der Waals surface area (Å²) in [5.41, 5.74) is 6.16. The molecule has 1 heterocycles. The molecule has 3 N–H and O–H groups in total. The Morgan fingerprint density at radius 1 is 1.33 bits per heavy atom. The van der Waals surface area contributed by atoms with Crippen LogP contribution < -0.4 is 5.73 Å². The second-order valence-electron chi connectivity index (χ2n) is 5.81. The van der Waals surface area contributed by atoms with Crippen LogP contribution in [0.5, 0.6) is 0 Å². The number of primary amides is 1. The highest BCUT2D eigenvalue weighted by Crippen LogP contribution is 2.34. The van der Waals surface area contributed by atoms with Crippen LogP contribution in [-0.2, 0) is 11.3 Å². The maximum absolute atomic E-state index is 11.5. The van der Waals surface area contributed by atoms with E-state index in [9.17, 15) is 14.7 Å². The van der Waals surface area contributed by atoms with Crippen LogP contribution in [0.4, 0.5) is 0 Å². The molecule has 1 aromatic carbocycles. The van der Waals surface area contributed by atoms with Crippen molar-refractivity contribution in [2.75, 3.05) is 13.1 Å². The van der Waals surface area contributed by atoms with E-state index < -0.39 is 17.3 Å². The zero-order valence-electron chi connectivity index (χ0n) is 12.3. The van der Waals surface area contributed by atoms with Crippen LogP contribution in [0.25, 0.3) is 0 Å². The molecule has 1 fully saturated rings. The average molecular weight is 290 g/mol. The van der Waals surface area contributed by atoms with Crippen LogP contribution in [0.3, 0.4) is 0 Å². The smallest absolute Gasteiger partial charge is 0.310 e. The Kier molecular flexibility index (Phi) is 4.63. The lowest BCUT2D eigenvalue weighted by Crippen LogP contribution is -2.47. The fourth-order valence-electron chi connectivity index (χ4n) is 3.01. The number of carboxylic acid groups (broad SMARTS) is 1. The van der Waals surface area contributed by atoms with E-state index in [1.165, 1.54) is 0 Å². The highest BCUT2D eigenvalue weighted by atomic mass is 16.4. The first-order chi connectivity index (χ1) is 9.97. The Bertz CT molecular complexity index is 527. The van der Waals surface area contributed by atoms with E-state index in [0.717, 1.165) is 24.9 Å². The number of nitrogens with two attached hydrogens (primary N) is 1. The molecule has 5 nitrogen and oxygen atoms in total. The number of hydrogen-bond acceptors (Lipinski definition) is 3. The number of hydrogen-bond donors (Lipinski definition) is 2. The number of likely N-dealkylation sites (tertiary alicyclic amines) is 1. The van der Waals surface area contributed by atoms with Gasteiger partial charge < -0.3 is 10.8 Å². The number of amides is 1. The third-order valence-corrected chi connectivity index (χ3v) is 4.43. The zero-order chi connectivity index (χ0) is 15.5. The van der Waals surface area contributed by atoms with Gasteiger partial charge in [-0.2, -0.15) is 0 Å². The number of aliphatic carboxylic acids is 1. The molecule has 2 rings (SSSR count). The lowest BCUT2D eigenvalue weighted by Gasteiger charge is -2.39. The van der Waals surface area contributed by atoms with Gasteiger partial charge in [0.05, 0.1) is 5.41 Å². The van der Waals surface area contributed by atoms with Gasteiger partial charge in [-0.15, -0.1) is 0 Å². The van der Waals surface area contributed by atoms with Gasteiger partial charge in [0.25, 0.3) is 0 Å². The molecule has 0 bridgehead atoms. The van der Waals surface area contributed by atoms with Crippen molar-refractivity contribution in [3.8, 4) is 0 Å². The number of carboxylic acids is 1. The summed E-state index contributed by atoms with van der Waals surface area (Å²) in [4.78, 5) is 24.8. The molecule has 21 heavy (non-hydrogen) atoms. The SMILES string of the molecule is CCC1(C(=O)O)CCCN(Cc2ccc(C(N)=O)cc2)C1. The zero-order valence-corrected chi connectivity index (χ0v) is 12.3. The van der Waals surface area contributed by atoms with E-state index in [0.29, 0.717) is 25.1 Å². The summed E-state index contributed by atoms with van der Waals surface area (Å²) in [7, 11) is 0. The summed E-state index contributed by atoms with van der Waals surface area (Å²) in [6.07, 6.45) is 2.30. The molecule has 1 aromatic rings. The molecule has 0 spiro atoms. The second-order valence-corrected chi connectivity index (χ2v) is 5.81. The van der Waals surface area contributed by atoms with E-state index in [1.807, 2.05) is 19.1 Å². The summed E-state index contributed by atoms with van der Waals surface area (Å²) in [5, 5.41) is 9.49. The summed E-state index contributed by atoms with van der Waals surface area (Å²) >= 11 is 0. The average Bonchev–Trinajstić information content (AvgIpc) is 2.47. The first-order valence-corrected chi connectivity index (χ1v) is 7.31. The van der Waals surface area contributed by atoms with Gasteiger partial charge in [0.1, 0.15) is 0 Å². The Morgan fingerprint density at radius 2 is 2.00 bits per heavy atom. The first kappa shape index (κ1) is 15.5. The fourth-order valence-corrected chi connectivity index (χ4v) is 3.01. The van der Waals surface area contributed by atoms with Gasteiger partial charge in [-0.05, 0) is 43.5 Å². The first-order valence-electron chi connectivity index (χ1n) is 7.31. The minimum Gasteiger partial charge on any atom is -0.481 e. The summed E-state index contributed by atoms with van der Waals surface area (Å²) in [6, 6.07) is 7.18. The predicted octanol–water partition coefficient (Wildman–Crippen LogP) is 1.86. The van der Waals surface area contributed by atoms with E-state index in [-0.39, 0.29) is 0 Å². The van der Waals surface area contributed by atoms with Crippen molar-refractivity contribution in [3.05, 3.63) is 35.4 Å². The lowest BCUT2D eigenvalue weighted by molar-refractivity contribution is -0.153. The monoisotopic (exact) mass is 290 g/mol. The summed E-state index contributed by atoms with van der Waals surface area (Å²) < 4.78 is 0. The van der Waals surface area contributed by atoms with E-state index in [1.54, 1.807) is 12.1 Å². The van der Waals surface area contributed by atoms with Gasteiger partial charge in [0.15, 0.2) is 0 Å². The third kappa shape index (κ3) is 3.42. The molecular weight excluding hydrogens is 268 g/mol. The Morgan fingerprint density at radius 3 is 2.52 bits per heavy atom. The maximum atomic E-state index is 11.5. The van der Waals surface area contributed by atoms with Gasteiger partial charge in [0.2, 0.25) is 5.91 Å². The van der Waals surface area contributed by atoms with Gasteiger partial charge in [-0.25, -0.2) is 0 Å². The summed E-state index contributed by atoms with van der Waals surface area (Å²) in [5.74, 6) is -1.13. The molecule has 0 radical (unpaired) electrons. The molecule has 1 aliphatic rings. The van der Waals surface area contributed by atoms with Crippen molar-refractivity contribution in [1.82, 2.24) is 4.90 Å². The Hall–Kier alpha value is -1.88. The predicted molar refractivity (Wildman–Crippen MR) is 79.8 cm³/mol. The van der Waals surface area contributed by atoms with Crippen LogP contribution in [0, 0.1) is 5.41 Å². The molecule has 0 aromatic heterocycles.